The van der Waals surface area contributed by atoms with Crippen LogP contribution in [0.1, 0.15) is 53.2 Å². The van der Waals surface area contributed by atoms with Crippen LogP contribution in [-0.4, -0.2) is 32.6 Å². The molecule has 4 rings (SSSR count). The number of nitrogens with zero attached hydrogens (tertiary/aromatic N) is 1. The lowest BCUT2D eigenvalue weighted by atomic mass is 9.78. The molecule has 3 aromatic carbocycles. The molecule has 0 bridgehead atoms. The summed E-state index contributed by atoms with van der Waals surface area (Å²) in [7, 11) is 3.22. The summed E-state index contributed by atoms with van der Waals surface area (Å²) < 4.78 is 10.6. The number of benzene rings is 3. The summed E-state index contributed by atoms with van der Waals surface area (Å²) in [6.45, 7) is 2.69. The zero-order chi connectivity index (χ0) is 24.1. The van der Waals surface area contributed by atoms with E-state index in [9.17, 15) is 9.59 Å². The lowest BCUT2D eigenvalue weighted by Gasteiger charge is -2.42. The second kappa shape index (κ2) is 10.4. The number of ether oxygens (including phenoxy) is 2. The molecular weight excluding hydrogens is 428 g/mol. The Morgan fingerprint density at radius 2 is 1.53 bits per heavy atom. The first-order chi connectivity index (χ1) is 16.6. The number of methoxy groups -OCH3 is 2. The first kappa shape index (κ1) is 23.4. The Labute approximate surface area is 200 Å². The molecule has 6 nitrogen and oxygen atoms in total. The van der Waals surface area contributed by atoms with Crippen LogP contribution >= 0.6 is 0 Å². The van der Waals surface area contributed by atoms with E-state index in [1.807, 2.05) is 66.7 Å². The Bertz CT molecular complexity index is 1140. The van der Waals surface area contributed by atoms with E-state index >= 15 is 0 Å². The molecule has 1 aliphatic rings. The van der Waals surface area contributed by atoms with E-state index in [1.165, 1.54) is 0 Å². The lowest BCUT2D eigenvalue weighted by molar-refractivity contribution is -0.123. The van der Waals surface area contributed by atoms with Crippen molar-refractivity contribution >= 4 is 17.5 Å². The van der Waals surface area contributed by atoms with E-state index < -0.39 is 12.0 Å². The van der Waals surface area contributed by atoms with Crippen LogP contribution in [0.25, 0.3) is 0 Å². The minimum Gasteiger partial charge on any atom is -0.497 e. The van der Waals surface area contributed by atoms with Crippen molar-refractivity contribution in [2.45, 2.75) is 31.7 Å². The van der Waals surface area contributed by atoms with Gasteiger partial charge in [0.1, 0.15) is 11.5 Å². The molecule has 0 spiro atoms. The van der Waals surface area contributed by atoms with E-state index in [2.05, 4.69) is 12.2 Å². The van der Waals surface area contributed by atoms with Crippen molar-refractivity contribution in [2.24, 2.45) is 0 Å². The molecule has 3 aromatic rings. The first-order valence-electron chi connectivity index (χ1n) is 11.6. The van der Waals surface area contributed by atoms with Crippen molar-refractivity contribution in [3.05, 3.63) is 89.5 Å². The summed E-state index contributed by atoms with van der Waals surface area (Å²) in [5.41, 5.74) is 2.84. The van der Waals surface area contributed by atoms with Crippen LogP contribution in [0.2, 0.25) is 0 Å². The summed E-state index contributed by atoms with van der Waals surface area (Å²) in [4.78, 5) is 29.2. The number of anilines is 1. The zero-order valence-corrected chi connectivity index (χ0v) is 19.8. The lowest BCUT2D eigenvalue weighted by Crippen LogP contribution is -2.47. The van der Waals surface area contributed by atoms with Gasteiger partial charge in [-0.3, -0.25) is 14.5 Å². The number of fused-ring (bicyclic) bond motifs is 1. The highest BCUT2D eigenvalue weighted by Crippen LogP contribution is 2.45. The van der Waals surface area contributed by atoms with Gasteiger partial charge >= 0.3 is 0 Å². The monoisotopic (exact) mass is 458 g/mol. The van der Waals surface area contributed by atoms with Crippen molar-refractivity contribution in [1.29, 1.82) is 0 Å². The summed E-state index contributed by atoms with van der Waals surface area (Å²) in [6.07, 6.45) is 1.88. The van der Waals surface area contributed by atoms with Crippen LogP contribution in [0.5, 0.6) is 11.5 Å². The molecule has 6 heteroatoms. The van der Waals surface area contributed by atoms with Crippen molar-refractivity contribution in [3.8, 4) is 11.5 Å². The Morgan fingerprint density at radius 1 is 0.912 bits per heavy atom. The second-order valence-electron chi connectivity index (χ2n) is 8.30. The molecule has 0 saturated heterocycles. The standard InChI is InChI=1S/C28H30N2O4/c1-4-5-18-29-27(31)25-23-8-6-7-9-24(23)28(32)30(20-12-16-22(34-3)17-13-20)26(25)19-10-14-21(33-2)15-11-19/h6-17,25-26H,4-5,18H2,1-3H3,(H,29,31)/t25-,26-/m0/s1. The van der Waals surface area contributed by atoms with Crippen LogP contribution in [0.3, 0.4) is 0 Å². The molecule has 1 aliphatic heterocycles. The number of amides is 2. The number of carbonyl (C=O) groups excluding carboxylic acids is 2. The van der Waals surface area contributed by atoms with Gasteiger partial charge in [-0.05, 0) is 60.0 Å². The topological polar surface area (TPSA) is 67.9 Å². The molecule has 1 N–H and O–H groups in total. The van der Waals surface area contributed by atoms with Gasteiger partial charge in [0.2, 0.25) is 5.91 Å². The fourth-order valence-electron chi connectivity index (χ4n) is 4.48. The van der Waals surface area contributed by atoms with Crippen molar-refractivity contribution in [1.82, 2.24) is 5.32 Å². The van der Waals surface area contributed by atoms with E-state index in [0.717, 1.165) is 24.0 Å². The van der Waals surface area contributed by atoms with Gasteiger partial charge in [-0.1, -0.05) is 43.7 Å². The van der Waals surface area contributed by atoms with Gasteiger partial charge in [0.05, 0.1) is 26.2 Å². The molecule has 2 atom stereocenters. The minimum absolute atomic E-state index is 0.0901. The summed E-state index contributed by atoms with van der Waals surface area (Å²) in [5, 5.41) is 3.10. The summed E-state index contributed by atoms with van der Waals surface area (Å²) >= 11 is 0. The average molecular weight is 459 g/mol. The molecule has 2 amide bonds. The maximum atomic E-state index is 13.8. The number of hydrogen-bond acceptors (Lipinski definition) is 4. The van der Waals surface area contributed by atoms with Crippen LogP contribution in [0.4, 0.5) is 5.69 Å². The number of nitrogens with one attached hydrogen (secondary N) is 1. The van der Waals surface area contributed by atoms with Crippen molar-refractivity contribution < 1.29 is 19.1 Å². The molecule has 0 saturated carbocycles. The number of rotatable bonds is 8. The van der Waals surface area contributed by atoms with Crippen LogP contribution in [-0.2, 0) is 4.79 Å². The van der Waals surface area contributed by atoms with Crippen LogP contribution in [0.15, 0.2) is 72.8 Å². The maximum Gasteiger partial charge on any atom is 0.259 e. The third-order valence-electron chi connectivity index (χ3n) is 6.26. The zero-order valence-electron chi connectivity index (χ0n) is 19.8. The van der Waals surface area contributed by atoms with E-state index in [4.69, 9.17) is 9.47 Å². The third kappa shape index (κ3) is 4.49. The number of hydrogen-bond donors (Lipinski definition) is 1. The summed E-state index contributed by atoms with van der Waals surface area (Å²) in [5.74, 6) is 0.614. The Kier molecular flexibility index (Phi) is 7.16. The van der Waals surface area contributed by atoms with Crippen LogP contribution in [0, 0.1) is 0 Å². The Balaban J connectivity index is 1.88. The van der Waals surface area contributed by atoms with Gasteiger partial charge in [0, 0.05) is 17.8 Å². The highest BCUT2D eigenvalue weighted by atomic mass is 16.5. The largest absolute Gasteiger partial charge is 0.497 e. The number of carbonyl (C=O) groups is 2. The molecule has 34 heavy (non-hydrogen) atoms. The fraction of sp³-hybridized carbons (Fsp3) is 0.286. The van der Waals surface area contributed by atoms with Gasteiger partial charge in [-0.2, -0.15) is 0 Å². The molecule has 0 unspecified atom stereocenters. The SMILES string of the molecule is CCCCNC(=O)[C@H]1c2ccccc2C(=O)N(c2ccc(OC)cc2)[C@H]1c1ccc(OC)cc1. The Hall–Kier alpha value is -3.80. The van der Waals surface area contributed by atoms with Gasteiger partial charge in [-0.25, -0.2) is 0 Å². The predicted molar refractivity (Wildman–Crippen MR) is 133 cm³/mol. The average Bonchev–Trinajstić information content (AvgIpc) is 2.89. The van der Waals surface area contributed by atoms with Gasteiger partial charge in [0.15, 0.2) is 0 Å². The third-order valence-corrected chi connectivity index (χ3v) is 6.26. The molecule has 0 fully saturated rings. The van der Waals surface area contributed by atoms with E-state index in [0.29, 0.717) is 29.3 Å². The van der Waals surface area contributed by atoms with Crippen molar-refractivity contribution in [2.75, 3.05) is 25.7 Å². The molecule has 0 aliphatic carbocycles. The van der Waals surface area contributed by atoms with Gasteiger partial charge in [0.25, 0.3) is 5.91 Å². The molecule has 176 valence electrons. The minimum atomic E-state index is -0.568. The van der Waals surface area contributed by atoms with Crippen LogP contribution < -0.4 is 19.7 Å². The first-order valence-corrected chi connectivity index (χ1v) is 11.6. The number of unbranched alkanes of at least 4 members (excludes halogenated alkanes) is 1. The van der Waals surface area contributed by atoms with E-state index in [1.54, 1.807) is 25.2 Å². The molecular formula is C28H30N2O4. The second-order valence-corrected chi connectivity index (χ2v) is 8.30. The molecule has 0 radical (unpaired) electrons. The quantitative estimate of drug-likeness (QED) is 0.477. The smallest absolute Gasteiger partial charge is 0.259 e. The summed E-state index contributed by atoms with van der Waals surface area (Å²) in [6, 6.07) is 21.8. The maximum absolute atomic E-state index is 13.8. The molecule has 1 heterocycles. The van der Waals surface area contributed by atoms with Gasteiger partial charge < -0.3 is 14.8 Å². The predicted octanol–water partition coefficient (Wildman–Crippen LogP) is 5.11. The van der Waals surface area contributed by atoms with E-state index in [-0.39, 0.29) is 11.8 Å². The fourth-order valence-corrected chi connectivity index (χ4v) is 4.48. The highest BCUT2D eigenvalue weighted by molar-refractivity contribution is 6.11. The molecule has 0 aromatic heterocycles. The highest BCUT2D eigenvalue weighted by Gasteiger charge is 2.44. The van der Waals surface area contributed by atoms with Gasteiger partial charge in [-0.15, -0.1) is 0 Å². The van der Waals surface area contributed by atoms with Crippen molar-refractivity contribution in [3.63, 3.8) is 0 Å². The normalized spacial score (nSPS) is 17.1. The Morgan fingerprint density at radius 3 is 2.15 bits per heavy atom.